The summed E-state index contributed by atoms with van der Waals surface area (Å²) in [6, 6.07) is 7.79. The zero-order chi connectivity index (χ0) is 20.3. The molecule has 4 heterocycles. The summed E-state index contributed by atoms with van der Waals surface area (Å²) in [6.45, 7) is 3.89. The number of hydrogen-bond donors (Lipinski definition) is 0. The van der Waals surface area contributed by atoms with Crippen LogP contribution in [0.4, 0.5) is 4.79 Å². The molecule has 1 aromatic carbocycles. The summed E-state index contributed by atoms with van der Waals surface area (Å²) in [6.07, 6.45) is 4.18. The smallest absolute Gasteiger partial charge is 0.418 e. The van der Waals surface area contributed by atoms with Crippen LogP contribution in [0.5, 0.6) is 0 Å². The van der Waals surface area contributed by atoms with Crippen molar-refractivity contribution < 1.29 is 19.1 Å². The molecule has 0 spiro atoms. The van der Waals surface area contributed by atoms with Gasteiger partial charge in [0.15, 0.2) is 0 Å². The van der Waals surface area contributed by atoms with Crippen molar-refractivity contribution in [1.29, 1.82) is 0 Å². The fourth-order valence-electron chi connectivity index (χ4n) is 6.27. The van der Waals surface area contributed by atoms with Crippen LogP contribution in [0, 0.1) is 5.92 Å². The van der Waals surface area contributed by atoms with Gasteiger partial charge in [0.25, 0.3) is 0 Å². The van der Waals surface area contributed by atoms with E-state index in [2.05, 4.69) is 11.0 Å². The van der Waals surface area contributed by atoms with Crippen LogP contribution < -0.4 is 0 Å². The van der Waals surface area contributed by atoms with Crippen LogP contribution in [-0.4, -0.2) is 54.9 Å². The highest BCUT2D eigenvalue weighted by atomic mass is 16.5. The summed E-state index contributed by atoms with van der Waals surface area (Å²) >= 11 is 0. The molecule has 1 saturated carbocycles. The lowest BCUT2D eigenvalue weighted by Crippen LogP contribution is -2.65. The van der Waals surface area contributed by atoms with E-state index < -0.39 is 11.5 Å². The van der Waals surface area contributed by atoms with Crippen molar-refractivity contribution in [2.24, 2.45) is 5.92 Å². The molecule has 3 fully saturated rings. The lowest BCUT2D eigenvalue weighted by atomic mass is 9.58. The molecule has 4 atom stereocenters. The van der Waals surface area contributed by atoms with Crippen LogP contribution in [0.15, 0.2) is 35.9 Å². The molecule has 2 aromatic rings. The molecule has 6 heteroatoms. The fraction of sp³-hybridized carbons (Fsp3) is 0.478. The molecule has 2 saturated heterocycles. The summed E-state index contributed by atoms with van der Waals surface area (Å²) in [5, 5.41) is 1.02. The van der Waals surface area contributed by atoms with Crippen LogP contribution in [0.1, 0.15) is 31.0 Å². The maximum Gasteiger partial charge on any atom is 0.418 e. The highest BCUT2D eigenvalue weighted by molar-refractivity contribution is 5.98. The molecular formula is C23H26N2O4. The van der Waals surface area contributed by atoms with Crippen molar-refractivity contribution >= 4 is 23.0 Å². The second-order valence-electron chi connectivity index (χ2n) is 8.40. The highest BCUT2D eigenvalue weighted by Crippen LogP contribution is 2.55. The number of fused-ring (bicyclic) bond motifs is 4. The normalized spacial score (nSPS) is 31.4. The first-order valence-corrected chi connectivity index (χ1v) is 10.3. The van der Waals surface area contributed by atoms with Gasteiger partial charge in [0.05, 0.1) is 31.5 Å². The van der Waals surface area contributed by atoms with Crippen molar-refractivity contribution in [3.05, 3.63) is 47.2 Å². The first-order chi connectivity index (χ1) is 14.1. The topological polar surface area (TPSA) is 60.8 Å². The number of methoxy groups -OCH3 is 2. The number of rotatable bonds is 1. The third kappa shape index (κ3) is 2.26. The van der Waals surface area contributed by atoms with E-state index in [1.165, 1.54) is 19.8 Å². The Bertz CT molecular complexity index is 1050. The van der Waals surface area contributed by atoms with E-state index in [9.17, 15) is 9.59 Å². The van der Waals surface area contributed by atoms with Crippen LogP contribution >= 0.6 is 0 Å². The van der Waals surface area contributed by atoms with Crippen molar-refractivity contribution in [2.75, 3.05) is 27.3 Å². The highest BCUT2D eigenvalue weighted by Gasteiger charge is 2.62. The summed E-state index contributed by atoms with van der Waals surface area (Å²) in [7, 11) is 2.84. The van der Waals surface area contributed by atoms with Gasteiger partial charge in [-0.2, -0.15) is 0 Å². The van der Waals surface area contributed by atoms with Gasteiger partial charge < -0.3 is 9.47 Å². The molecule has 4 unspecified atom stereocenters. The molecule has 4 bridgehead atoms. The number of carbonyl (C=O) groups is 2. The molecule has 4 aliphatic rings. The molecule has 6 rings (SSSR count). The third-order valence-corrected chi connectivity index (χ3v) is 7.14. The van der Waals surface area contributed by atoms with Crippen LogP contribution in [0.2, 0.25) is 0 Å². The Hall–Kier alpha value is -2.60. The maximum atomic E-state index is 13.6. The monoisotopic (exact) mass is 394 g/mol. The van der Waals surface area contributed by atoms with Crippen molar-refractivity contribution in [1.82, 2.24) is 9.47 Å². The molecule has 3 aliphatic heterocycles. The molecular weight excluding hydrogens is 368 g/mol. The zero-order valence-electron chi connectivity index (χ0n) is 17.1. The molecule has 0 amide bonds. The van der Waals surface area contributed by atoms with Gasteiger partial charge in [0, 0.05) is 18.5 Å². The third-order valence-electron chi connectivity index (χ3n) is 7.14. The minimum absolute atomic E-state index is 0.0843. The number of hydrogen-bond acceptors (Lipinski definition) is 5. The van der Waals surface area contributed by atoms with E-state index in [1.54, 1.807) is 4.57 Å². The number of ether oxygens (including phenoxy) is 2. The molecule has 29 heavy (non-hydrogen) atoms. The molecule has 6 nitrogen and oxygen atoms in total. The number of esters is 1. The van der Waals surface area contributed by atoms with Gasteiger partial charge >= 0.3 is 12.1 Å². The van der Waals surface area contributed by atoms with Gasteiger partial charge in [-0.05, 0) is 43.7 Å². The fourth-order valence-corrected chi connectivity index (χ4v) is 6.27. The quantitative estimate of drug-likeness (QED) is 0.549. The van der Waals surface area contributed by atoms with Gasteiger partial charge in [-0.3, -0.25) is 9.69 Å². The summed E-state index contributed by atoms with van der Waals surface area (Å²) < 4.78 is 12.3. The van der Waals surface area contributed by atoms with Gasteiger partial charge in [-0.25, -0.2) is 9.36 Å². The van der Waals surface area contributed by atoms with E-state index in [-0.39, 0.29) is 12.0 Å². The summed E-state index contributed by atoms with van der Waals surface area (Å²) in [5.74, 6) is 0.104. The predicted molar refractivity (Wildman–Crippen MR) is 109 cm³/mol. The average Bonchev–Trinajstić information content (AvgIpc) is 3.05. The van der Waals surface area contributed by atoms with Gasteiger partial charge in [0.2, 0.25) is 0 Å². The number of piperidine rings is 2. The zero-order valence-corrected chi connectivity index (χ0v) is 17.1. The number of nitrogens with zero attached hydrogens (tertiary/aromatic N) is 2. The number of benzene rings is 1. The lowest BCUT2D eigenvalue weighted by molar-refractivity contribution is -0.155. The largest absolute Gasteiger partial charge is 0.468 e. The SMILES string of the molecule is CC=C1CC2CN3CCc4c(n(C(=O)OC)c5ccccc45)C(C(=O)OC)(C2)C13. The Morgan fingerprint density at radius 3 is 2.72 bits per heavy atom. The van der Waals surface area contributed by atoms with Crippen LogP contribution in [0.3, 0.4) is 0 Å². The number of allylic oxidation sites excluding steroid dienone is 1. The van der Waals surface area contributed by atoms with Gasteiger partial charge in [-0.15, -0.1) is 0 Å². The Labute approximate surface area is 170 Å². The molecule has 0 radical (unpaired) electrons. The standard InChI is InChI=1S/C23H26N2O4/c1-4-15-11-14-12-23(21(26)28-2)19(15)24(13-14)10-9-17-16-7-5-6-8-18(16)25(20(17)23)22(27)29-3/h4-8,14,19H,9-13H2,1-3H3. The molecule has 152 valence electrons. The van der Waals surface area contributed by atoms with E-state index >= 15 is 0 Å². The van der Waals surface area contributed by atoms with Crippen molar-refractivity contribution in [3.63, 3.8) is 0 Å². The second-order valence-corrected chi connectivity index (χ2v) is 8.40. The number of aromatic nitrogens is 1. The summed E-state index contributed by atoms with van der Waals surface area (Å²) in [5.41, 5.74) is 3.00. The number of carbonyl (C=O) groups excluding carboxylic acids is 2. The maximum absolute atomic E-state index is 13.6. The van der Waals surface area contributed by atoms with E-state index in [0.29, 0.717) is 12.3 Å². The lowest BCUT2D eigenvalue weighted by Gasteiger charge is -2.55. The Morgan fingerprint density at radius 2 is 2.00 bits per heavy atom. The minimum Gasteiger partial charge on any atom is -0.468 e. The Kier molecular flexibility index (Phi) is 4.10. The average molecular weight is 394 g/mol. The first kappa shape index (κ1) is 18.4. The van der Waals surface area contributed by atoms with Crippen molar-refractivity contribution in [2.45, 2.75) is 37.6 Å². The van der Waals surface area contributed by atoms with Crippen LogP contribution in [0.25, 0.3) is 10.9 Å². The molecule has 1 aromatic heterocycles. The van der Waals surface area contributed by atoms with Gasteiger partial charge in [-0.1, -0.05) is 29.8 Å². The van der Waals surface area contributed by atoms with Crippen molar-refractivity contribution in [3.8, 4) is 0 Å². The van der Waals surface area contributed by atoms with E-state index in [4.69, 9.17) is 9.47 Å². The Morgan fingerprint density at radius 1 is 1.21 bits per heavy atom. The van der Waals surface area contributed by atoms with E-state index in [0.717, 1.165) is 48.1 Å². The number of para-hydroxylation sites is 1. The first-order valence-electron chi connectivity index (χ1n) is 10.3. The van der Waals surface area contributed by atoms with Gasteiger partial charge in [0.1, 0.15) is 5.41 Å². The Balaban J connectivity index is 1.92. The predicted octanol–water partition coefficient (Wildman–Crippen LogP) is 3.26. The molecule has 1 aliphatic carbocycles. The second kappa shape index (κ2) is 6.46. The van der Waals surface area contributed by atoms with Crippen LogP contribution in [-0.2, 0) is 26.1 Å². The van der Waals surface area contributed by atoms with E-state index in [1.807, 2.05) is 31.2 Å². The minimum atomic E-state index is -0.906. The molecule has 0 N–H and O–H groups in total. The summed E-state index contributed by atoms with van der Waals surface area (Å²) in [4.78, 5) is 29.0.